The number of phenolic OH excluding ortho intramolecular Hbond substituents is 1. The Balaban J connectivity index is 1.49. The van der Waals surface area contributed by atoms with Gasteiger partial charge in [-0.25, -0.2) is 4.79 Å². The van der Waals surface area contributed by atoms with Crippen LogP contribution in [0.3, 0.4) is 0 Å². The second-order valence-corrected chi connectivity index (χ2v) is 8.19. The zero-order valence-corrected chi connectivity index (χ0v) is 17.7. The summed E-state index contributed by atoms with van der Waals surface area (Å²) in [7, 11) is 0. The molecule has 164 valence electrons. The minimum absolute atomic E-state index is 0.156. The fourth-order valence-corrected chi connectivity index (χ4v) is 4.46. The number of phenols is 1. The highest BCUT2D eigenvalue weighted by Gasteiger charge is 2.33. The molecule has 32 heavy (non-hydrogen) atoms. The average molecular weight is 432 g/mol. The summed E-state index contributed by atoms with van der Waals surface area (Å²) in [5, 5.41) is 20.7. The molecule has 3 N–H and O–H groups in total. The molecule has 2 heterocycles. The molecule has 5 rings (SSSR count). The lowest BCUT2D eigenvalue weighted by Gasteiger charge is -2.16. The third kappa shape index (κ3) is 3.57. The third-order valence-corrected chi connectivity index (χ3v) is 6.03. The van der Waals surface area contributed by atoms with Gasteiger partial charge in [-0.1, -0.05) is 18.2 Å². The number of hydrogen-bond acceptors (Lipinski definition) is 5. The lowest BCUT2D eigenvalue weighted by molar-refractivity contribution is -0.119. The number of nitrogens with zero attached hydrogens (tertiary/aromatic N) is 2. The zero-order chi connectivity index (χ0) is 22.2. The van der Waals surface area contributed by atoms with Crippen LogP contribution in [0.2, 0.25) is 0 Å². The number of aromatic amines is 1. The standard InChI is InChI=1S/C24H24N4O4/c1-14(29)25-12-17-13-28(24(31)32-17)16-10-9-15-5-4-7-19-22(18-6-2-3-8-21(18)30)26-27-23(19)20(15)11-16/h2-3,6,8-11,17,30H,4-5,7,12-13H2,1H3,(H,25,29)(H,26,27). The first-order valence-corrected chi connectivity index (χ1v) is 10.7. The summed E-state index contributed by atoms with van der Waals surface area (Å²) >= 11 is 0. The van der Waals surface area contributed by atoms with E-state index in [-0.39, 0.29) is 24.3 Å². The van der Waals surface area contributed by atoms with E-state index in [0.29, 0.717) is 12.1 Å². The molecule has 1 aliphatic heterocycles. The van der Waals surface area contributed by atoms with Gasteiger partial charge in [0.25, 0.3) is 0 Å². The van der Waals surface area contributed by atoms with Gasteiger partial charge >= 0.3 is 6.09 Å². The van der Waals surface area contributed by atoms with Gasteiger partial charge in [-0.2, -0.15) is 5.10 Å². The van der Waals surface area contributed by atoms with Crippen molar-refractivity contribution in [2.24, 2.45) is 0 Å². The van der Waals surface area contributed by atoms with Gasteiger partial charge in [0.2, 0.25) is 5.91 Å². The third-order valence-electron chi connectivity index (χ3n) is 6.03. The summed E-state index contributed by atoms with van der Waals surface area (Å²) in [5.74, 6) is 0.0432. The number of nitrogens with one attached hydrogen (secondary N) is 2. The van der Waals surface area contributed by atoms with Gasteiger partial charge in [0.05, 0.1) is 24.5 Å². The fourth-order valence-electron chi connectivity index (χ4n) is 4.46. The molecule has 1 aliphatic carbocycles. The Morgan fingerprint density at radius 3 is 2.91 bits per heavy atom. The molecule has 8 heteroatoms. The van der Waals surface area contributed by atoms with Crippen molar-refractivity contribution < 1.29 is 19.4 Å². The predicted octanol–water partition coefficient (Wildman–Crippen LogP) is 3.40. The summed E-state index contributed by atoms with van der Waals surface area (Å²) in [6.07, 6.45) is 1.90. The van der Waals surface area contributed by atoms with E-state index in [0.717, 1.165) is 47.5 Å². The van der Waals surface area contributed by atoms with Gasteiger partial charge in [-0.3, -0.25) is 14.8 Å². The summed E-state index contributed by atoms with van der Waals surface area (Å²) in [6.45, 7) is 2.10. The molecule has 0 bridgehead atoms. The molecule has 1 atom stereocenters. The average Bonchev–Trinajstić information content (AvgIpc) is 3.31. The number of cyclic esters (lactones) is 1. The van der Waals surface area contributed by atoms with Crippen LogP contribution in [-0.4, -0.2) is 46.5 Å². The number of hydrogen-bond donors (Lipinski definition) is 3. The van der Waals surface area contributed by atoms with Crippen LogP contribution in [0.4, 0.5) is 10.5 Å². The number of anilines is 1. The molecule has 0 radical (unpaired) electrons. The Morgan fingerprint density at radius 2 is 2.09 bits per heavy atom. The van der Waals surface area contributed by atoms with E-state index >= 15 is 0 Å². The van der Waals surface area contributed by atoms with E-state index in [2.05, 4.69) is 21.6 Å². The van der Waals surface area contributed by atoms with Gasteiger partial charge in [-0.05, 0) is 49.1 Å². The number of para-hydroxylation sites is 1. The van der Waals surface area contributed by atoms with E-state index in [1.165, 1.54) is 12.5 Å². The number of carbonyl (C=O) groups is 2. The van der Waals surface area contributed by atoms with E-state index in [9.17, 15) is 14.7 Å². The van der Waals surface area contributed by atoms with E-state index < -0.39 is 6.09 Å². The number of carbonyl (C=O) groups excluding carboxylic acids is 2. The minimum Gasteiger partial charge on any atom is -0.507 e. The number of ether oxygens (including phenoxy) is 1. The van der Waals surface area contributed by atoms with Crippen molar-refractivity contribution in [3.05, 3.63) is 53.6 Å². The molecular weight excluding hydrogens is 408 g/mol. The van der Waals surface area contributed by atoms with Crippen LogP contribution in [0.1, 0.15) is 24.5 Å². The summed E-state index contributed by atoms with van der Waals surface area (Å²) < 4.78 is 5.42. The van der Waals surface area contributed by atoms with Gasteiger partial charge in [0, 0.05) is 29.3 Å². The number of aryl methyl sites for hydroxylation is 1. The van der Waals surface area contributed by atoms with Crippen LogP contribution in [-0.2, 0) is 22.4 Å². The lowest BCUT2D eigenvalue weighted by Crippen LogP contribution is -2.33. The van der Waals surface area contributed by atoms with E-state index in [1.807, 2.05) is 24.3 Å². The highest BCUT2D eigenvalue weighted by molar-refractivity contribution is 5.91. The van der Waals surface area contributed by atoms with Crippen LogP contribution >= 0.6 is 0 Å². The first kappa shape index (κ1) is 20.1. The Hall–Kier alpha value is -3.81. The molecule has 1 unspecified atom stereocenters. The van der Waals surface area contributed by atoms with Gasteiger partial charge < -0.3 is 15.2 Å². The van der Waals surface area contributed by atoms with Crippen molar-refractivity contribution in [3.8, 4) is 28.3 Å². The number of fused-ring (bicyclic) bond motifs is 3. The van der Waals surface area contributed by atoms with Crippen molar-refractivity contribution in [1.29, 1.82) is 0 Å². The van der Waals surface area contributed by atoms with Crippen molar-refractivity contribution in [2.75, 3.05) is 18.0 Å². The molecule has 0 saturated carbocycles. The monoisotopic (exact) mass is 432 g/mol. The first-order chi connectivity index (χ1) is 15.5. The SMILES string of the molecule is CC(=O)NCC1CN(c2ccc3c(c2)-c2[nH]nc(-c4ccccc4O)c2CCC3)C(=O)O1. The molecule has 1 fully saturated rings. The number of aromatic hydroxyl groups is 1. The smallest absolute Gasteiger partial charge is 0.414 e. The summed E-state index contributed by atoms with van der Waals surface area (Å²) in [4.78, 5) is 25.3. The van der Waals surface area contributed by atoms with Crippen LogP contribution in [0.15, 0.2) is 42.5 Å². The van der Waals surface area contributed by atoms with Crippen LogP contribution in [0.5, 0.6) is 5.75 Å². The van der Waals surface area contributed by atoms with Crippen molar-refractivity contribution in [2.45, 2.75) is 32.3 Å². The highest BCUT2D eigenvalue weighted by Crippen LogP contribution is 2.40. The number of amides is 2. The van der Waals surface area contributed by atoms with Crippen molar-refractivity contribution >= 4 is 17.7 Å². The molecule has 2 aliphatic rings. The molecule has 3 aromatic rings. The second-order valence-electron chi connectivity index (χ2n) is 8.19. The summed E-state index contributed by atoms with van der Waals surface area (Å²) in [6, 6.07) is 13.2. The van der Waals surface area contributed by atoms with E-state index in [4.69, 9.17) is 4.74 Å². The Bertz CT molecular complexity index is 1200. The molecule has 1 aromatic heterocycles. The number of aromatic nitrogens is 2. The quantitative estimate of drug-likeness (QED) is 0.586. The van der Waals surface area contributed by atoms with Crippen LogP contribution in [0.25, 0.3) is 22.5 Å². The maximum Gasteiger partial charge on any atom is 0.414 e. The topological polar surface area (TPSA) is 108 Å². The largest absolute Gasteiger partial charge is 0.507 e. The second kappa shape index (κ2) is 8.03. The number of benzene rings is 2. The van der Waals surface area contributed by atoms with Gasteiger partial charge in [0.15, 0.2) is 0 Å². The van der Waals surface area contributed by atoms with Crippen LogP contribution in [0, 0.1) is 0 Å². The summed E-state index contributed by atoms with van der Waals surface area (Å²) in [5.41, 5.74) is 6.37. The Labute approximate surface area is 185 Å². The fraction of sp³-hybridized carbons (Fsp3) is 0.292. The number of H-pyrrole nitrogens is 1. The lowest BCUT2D eigenvalue weighted by atomic mass is 9.99. The van der Waals surface area contributed by atoms with Crippen molar-refractivity contribution in [3.63, 3.8) is 0 Å². The molecule has 2 aromatic carbocycles. The van der Waals surface area contributed by atoms with Gasteiger partial charge in [-0.15, -0.1) is 0 Å². The molecule has 2 amide bonds. The van der Waals surface area contributed by atoms with Crippen molar-refractivity contribution in [1.82, 2.24) is 15.5 Å². The molecule has 0 spiro atoms. The molecular formula is C24H24N4O4. The van der Waals surface area contributed by atoms with Crippen LogP contribution < -0.4 is 10.2 Å². The zero-order valence-electron chi connectivity index (χ0n) is 17.7. The first-order valence-electron chi connectivity index (χ1n) is 10.7. The Morgan fingerprint density at radius 1 is 1.25 bits per heavy atom. The normalized spacial score (nSPS) is 17.3. The predicted molar refractivity (Wildman–Crippen MR) is 119 cm³/mol. The maximum atomic E-state index is 12.5. The molecule has 8 nitrogen and oxygen atoms in total. The Kier molecular flexibility index (Phi) is 5.05. The minimum atomic E-state index is -0.423. The van der Waals surface area contributed by atoms with Gasteiger partial charge in [0.1, 0.15) is 11.9 Å². The highest BCUT2D eigenvalue weighted by atomic mass is 16.6. The van der Waals surface area contributed by atoms with E-state index in [1.54, 1.807) is 17.0 Å². The molecule has 1 saturated heterocycles. The number of rotatable bonds is 4. The maximum absolute atomic E-state index is 12.5.